The van der Waals surface area contributed by atoms with Gasteiger partial charge in [0.25, 0.3) is 0 Å². The van der Waals surface area contributed by atoms with Crippen LogP contribution in [-0.2, 0) is 28.6 Å². The smallest absolute Gasteiger partial charge is 0.339 e. The van der Waals surface area contributed by atoms with Gasteiger partial charge in [0.15, 0.2) is 6.29 Å². The lowest BCUT2D eigenvalue weighted by molar-refractivity contribution is -0.165. The van der Waals surface area contributed by atoms with E-state index in [1.54, 1.807) is 25.6 Å². The van der Waals surface area contributed by atoms with E-state index in [0.717, 1.165) is 10.4 Å². The molecule has 2 unspecified atom stereocenters. The Labute approximate surface area is 190 Å². The summed E-state index contributed by atoms with van der Waals surface area (Å²) in [7, 11) is 2.77. The number of esters is 2. The number of dihydropyridines is 1. The number of carbonyl (C=O) groups excluding carboxylic acids is 3. The number of nitrogens with one attached hydrogen (secondary N) is 2. The normalized spacial score (nSPS) is 17.1. The van der Waals surface area contributed by atoms with Gasteiger partial charge in [-0.15, -0.1) is 11.3 Å². The average Bonchev–Trinajstić information content (AvgIpc) is 3.17. The quantitative estimate of drug-likeness (QED) is 0.221. The lowest BCUT2D eigenvalue weighted by Crippen LogP contribution is -2.35. The van der Waals surface area contributed by atoms with Crippen molar-refractivity contribution in [2.24, 2.45) is 0 Å². The van der Waals surface area contributed by atoms with Gasteiger partial charge in [0, 0.05) is 41.4 Å². The Morgan fingerprint density at radius 1 is 1.29 bits per heavy atom. The molecule has 1 aromatic heterocycles. The van der Waals surface area contributed by atoms with Gasteiger partial charge in [-0.3, -0.25) is 4.79 Å². The van der Waals surface area contributed by atoms with Gasteiger partial charge in [-0.05, 0) is 37.8 Å². The molecule has 2 atom stereocenters. The van der Waals surface area contributed by atoms with Gasteiger partial charge < -0.3 is 24.8 Å². The average molecular weight is 469 g/mol. The van der Waals surface area contributed by atoms with Gasteiger partial charge >= 0.3 is 11.9 Å². The van der Waals surface area contributed by atoms with Crippen molar-refractivity contribution in [2.75, 3.05) is 32.3 Å². The Balaban J connectivity index is 2.54. The molecule has 0 fully saturated rings. The number of thiophene rings is 1. The van der Waals surface area contributed by atoms with E-state index in [9.17, 15) is 14.4 Å². The summed E-state index contributed by atoms with van der Waals surface area (Å²) in [5.41, 5.74) is 2.99. The molecule has 0 saturated heterocycles. The molecule has 1 aromatic rings. The Kier molecular flexibility index (Phi) is 9.60. The highest BCUT2D eigenvalue weighted by molar-refractivity contribution is 7.99. The molecule has 0 aliphatic carbocycles. The molecule has 0 spiro atoms. The molecule has 0 aromatic carbocycles. The second kappa shape index (κ2) is 11.9. The van der Waals surface area contributed by atoms with Crippen LogP contribution in [0.15, 0.2) is 34.0 Å². The van der Waals surface area contributed by atoms with E-state index >= 15 is 0 Å². The second-order valence-corrected chi connectivity index (χ2v) is 8.83. The molecular formula is C21H28N2O6S2. The maximum absolute atomic E-state index is 13.3. The molecule has 31 heavy (non-hydrogen) atoms. The summed E-state index contributed by atoms with van der Waals surface area (Å²) in [5.74, 6) is -0.548. The zero-order valence-electron chi connectivity index (χ0n) is 18.3. The molecule has 0 radical (unpaired) electrons. The van der Waals surface area contributed by atoms with Crippen LogP contribution in [0.5, 0.6) is 0 Å². The SMILES string of the molecule is COC(=O)C1=C(C)NC(CSCCNC=O)=C(C(=O)OC(C)OC)C1c1sccc1C. The van der Waals surface area contributed by atoms with Crippen LogP contribution in [0.1, 0.15) is 30.2 Å². The third-order valence-corrected chi connectivity index (χ3v) is 6.83. The van der Waals surface area contributed by atoms with Crippen LogP contribution in [0.25, 0.3) is 0 Å². The second-order valence-electron chi connectivity index (χ2n) is 6.78. The molecule has 2 heterocycles. The highest BCUT2D eigenvalue weighted by atomic mass is 32.2. The Morgan fingerprint density at radius 2 is 2.03 bits per heavy atom. The van der Waals surface area contributed by atoms with Crippen LogP contribution in [0.4, 0.5) is 0 Å². The van der Waals surface area contributed by atoms with Gasteiger partial charge in [0.1, 0.15) is 0 Å². The number of methoxy groups -OCH3 is 2. The zero-order valence-corrected chi connectivity index (χ0v) is 19.9. The van der Waals surface area contributed by atoms with E-state index in [4.69, 9.17) is 14.2 Å². The van der Waals surface area contributed by atoms with Crippen molar-refractivity contribution < 1.29 is 28.6 Å². The number of carbonyl (C=O) groups is 3. The zero-order chi connectivity index (χ0) is 23.0. The van der Waals surface area contributed by atoms with Crippen molar-refractivity contribution in [3.8, 4) is 0 Å². The number of amides is 1. The summed E-state index contributed by atoms with van der Waals surface area (Å²) >= 11 is 3.02. The van der Waals surface area contributed by atoms with Crippen LogP contribution < -0.4 is 10.6 Å². The van der Waals surface area contributed by atoms with Crippen LogP contribution in [0, 0.1) is 6.92 Å². The summed E-state index contributed by atoms with van der Waals surface area (Å²) < 4.78 is 15.6. The van der Waals surface area contributed by atoms with E-state index in [0.29, 0.717) is 47.0 Å². The summed E-state index contributed by atoms with van der Waals surface area (Å²) in [5, 5.41) is 7.76. The minimum absolute atomic E-state index is 0.358. The highest BCUT2D eigenvalue weighted by Gasteiger charge is 2.40. The standard InChI is InChI=1S/C21H28N2O6S2/c1-12-6-8-31-19(12)18-16(20(25)28-5)13(2)23-15(10-30-9-7-22-11-24)17(18)21(26)29-14(3)27-4/h6,8,11,14,18,23H,7,9-10H2,1-5H3,(H,22,24). The molecule has 0 saturated carbocycles. The molecule has 170 valence electrons. The molecule has 2 N–H and O–H groups in total. The van der Waals surface area contributed by atoms with Crippen molar-refractivity contribution in [2.45, 2.75) is 33.0 Å². The van der Waals surface area contributed by atoms with Gasteiger partial charge in [0.05, 0.1) is 24.2 Å². The number of hydrogen-bond acceptors (Lipinski definition) is 9. The minimum Gasteiger partial charge on any atom is -0.466 e. The number of ether oxygens (including phenoxy) is 3. The first-order valence-corrected chi connectivity index (χ1v) is 11.7. The van der Waals surface area contributed by atoms with E-state index < -0.39 is 24.1 Å². The fraction of sp³-hybridized carbons (Fsp3) is 0.476. The van der Waals surface area contributed by atoms with Crippen molar-refractivity contribution in [1.29, 1.82) is 0 Å². The molecule has 1 aliphatic rings. The molecule has 8 nitrogen and oxygen atoms in total. The molecule has 0 bridgehead atoms. The van der Waals surface area contributed by atoms with E-state index in [2.05, 4.69) is 10.6 Å². The topological polar surface area (TPSA) is 103 Å². The maximum atomic E-state index is 13.3. The predicted octanol–water partition coefficient (Wildman–Crippen LogP) is 2.46. The number of allylic oxidation sites excluding steroid dienone is 1. The number of rotatable bonds is 11. The molecule has 1 aliphatic heterocycles. The van der Waals surface area contributed by atoms with Crippen LogP contribution in [0.3, 0.4) is 0 Å². The Morgan fingerprint density at radius 3 is 2.61 bits per heavy atom. The highest BCUT2D eigenvalue weighted by Crippen LogP contribution is 2.43. The molecular weight excluding hydrogens is 440 g/mol. The fourth-order valence-corrected chi connectivity index (χ4v) is 5.08. The minimum atomic E-state index is -0.746. The lowest BCUT2D eigenvalue weighted by atomic mass is 9.83. The first-order valence-electron chi connectivity index (χ1n) is 9.67. The van der Waals surface area contributed by atoms with Crippen LogP contribution in [-0.4, -0.2) is 56.9 Å². The third kappa shape index (κ3) is 6.11. The largest absolute Gasteiger partial charge is 0.466 e. The monoisotopic (exact) mass is 468 g/mol. The Bertz CT molecular complexity index is 877. The first-order chi connectivity index (χ1) is 14.8. The fourth-order valence-electron chi connectivity index (χ4n) is 3.20. The van der Waals surface area contributed by atoms with Gasteiger partial charge in [-0.25, -0.2) is 9.59 Å². The van der Waals surface area contributed by atoms with E-state index in [-0.39, 0.29) is 0 Å². The molecule has 2 rings (SSSR count). The summed E-state index contributed by atoms with van der Waals surface area (Å²) in [6, 6.07) is 1.95. The third-order valence-electron chi connectivity index (χ3n) is 4.76. The number of hydrogen-bond donors (Lipinski definition) is 2. The number of aryl methyl sites for hydroxylation is 1. The van der Waals surface area contributed by atoms with Gasteiger partial charge in [-0.2, -0.15) is 11.8 Å². The maximum Gasteiger partial charge on any atom is 0.339 e. The summed E-state index contributed by atoms with van der Waals surface area (Å²) in [4.78, 5) is 37.3. The van der Waals surface area contributed by atoms with Crippen molar-refractivity contribution >= 4 is 41.4 Å². The summed E-state index contributed by atoms with van der Waals surface area (Å²) in [6.07, 6.45) is -0.0944. The van der Waals surface area contributed by atoms with Gasteiger partial charge in [-0.1, -0.05) is 0 Å². The van der Waals surface area contributed by atoms with E-state index in [1.165, 1.54) is 25.6 Å². The van der Waals surface area contributed by atoms with Crippen LogP contribution in [0.2, 0.25) is 0 Å². The van der Waals surface area contributed by atoms with E-state index in [1.807, 2.05) is 18.4 Å². The first kappa shape index (κ1) is 25.0. The lowest BCUT2D eigenvalue weighted by Gasteiger charge is -2.31. The molecule has 1 amide bonds. The van der Waals surface area contributed by atoms with Crippen LogP contribution >= 0.6 is 23.1 Å². The van der Waals surface area contributed by atoms with Gasteiger partial charge in [0.2, 0.25) is 6.41 Å². The predicted molar refractivity (Wildman–Crippen MR) is 121 cm³/mol. The summed E-state index contributed by atoms with van der Waals surface area (Å²) in [6.45, 7) is 5.87. The van der Waals surface area contributed by atoms with Crippen molar-refractivity contribution in [3.05, 3.63) is 44.4 Å². The van der Waals surface area contributed by atoms with Crippen molar-refractivity contribution in [1.82, 2.24) is 10.6 Å². The Hall–Kier alpha value is -2.30. The number of thioether (sulfide) groups is 1. The van der Waals surface area contributed by atoms with Crippen molar-refractivity contribution in [3.63, 3.8) is 0 Å². The molecule has 10 heteroatoms.